The highest BCUT2D eigenvalue weighted by atomic mass is 32.1. The Bertz CT molecular complexity index is 664. The van der Waals surface area contributed by atoms with Crippen LogP contribution in [-0.2, 0) is 9.59 Å². The first-order valence-electron chi connectivity index (χ1n) is 8.06. The molecule has 2 aliphatic heterocycles. The van der Waals surface area contributed by atoms with Crippen LogP contribution in [0.25, 0.3) is 0 Å². The highest BCUT2D eigenvalue weighted by molar-refractivity contribution is 7.16. The van der Waals surface area contributed by atoms with Crippen LogP contribution in [0.15, 0.2) is 12.1 Å². The minimum atomic E-state index is -5.08. The Balaban J connectivity index is 0.000000298. The summed E-state index contributed by atoms with van der Waals surface area (Å²) in [6, 6.07) is 4.13. The zero-order chi connectivity index (χ0) is 19.5. The molecule has 0 bridgehead atoms. The first-order valence-corrected chi connectivity index (χ1v) is 8.88. The van der Waals surface area contributed by atoms with Crippen molar-refractivity contribution in [1.82, 2.24) is 4.90 Å². The molecular weight excluding hydrogens is 373 g/mol. The maximum atomic E-state index is 12.3. The van der Waals surface area contributed by atoms with E-state index in [0.29, 0.717) is 6.42 Å². The molecule has 2 aliphatic rings. The summed E-state index contributed by atoms with van der Waals surface area (Å²) in [4.78, 5) is 26.7. The number of aryl methyl sites for hydroxylation is 1. The van der Waals surface area contributed by atoms with E-state index < -0.39 is 12.1 Å². The van der Waals surface area contributed by atoms with Crippen molar-refractivity contribution in [3.8, 4) is 0 Å². The number of carbonyl (C=O) groups is 2. The molecular formula is C16H21F3N2O4S. The number of hydrogen-bond acceptors (Lipinski definition) is 5. The van der Waals surface area contributed by atoms with Gasteiger partial charge in [-0.25, -0.2) is 4.79 Å². The fraction of sp³-hybridized carbons (Fsp3) is 0.625. The zero-order valence-electron chi connectivity index (χ0n) is 14.3. The summed E-state index contributed by atoms with van der Waals surface area (Å²) in [7, 11) is 0. The minimum Gasteiger partial charge on any atom is -0.475 e. The number of carbonyl (C=O) groups excluding carboxylic acids is 1. The van der Waals surface area contributed by atoms with E-state index in [9.17, 15) is 18.0 Å². The van der Waals surface area contributed by atoms with Gasteiger partial charge in [0.25, 0.3) is 0 Å². The Morgan fingerprint density at radius 2 is 2.00 bits per heavy atom. The highest BCUT2D eigenvalue weighted by Crippen LogP contribution is 2.43. The van der Waals surface area contributed by atoms with Gasteiger partial charge in [-0.3, -0.25) is 4.79 Å². The Labute approximate surface area is 152 Å². The number of aliphatic hydroxyl groups excluding tert-OH is 1. The largest absolute Gasteiger partial charge is 0.490 e. The number of anilines is 1. The number of halogens is 3. The van der Waals surface area contributed by atoms with Crippen LogP contribution >= 0.6 is 11.3 Å². The standard InChI is InChI=1S/C14H20N2O2S.C2HF3O2/c1-11-2-3-13(19-11)16-10-14(8-12(16)18)4-5-15(9-14)6-7-17;3-2(4,5)1(6)7/h2-3,17H,4-10H2,1H3;(H,6,7). The van der Waals surface area contributed by atoms with E-state index in [1.807, 2.05) is 4.90 Å². The quantitative estimate of drug-likeness (QED) is 0.821. The van der Waals surface area contributed by atoms with E-state index in [0.717, 1.165) is 37.6 Å². The molecule has 10 heteroatoms. The predicted octanol–water partition coefficient (Wildman–Crippen LogP) is 2.11. The smallest absolute Gasteiger partial charge is 0.475 e. The van der Waals surface area contributed by atoms with Gasteiger partial charge < -0.3 is 20.0 Å². The molecule has 1 unspecified atom stereocenters. The lowest BCUT2D eigenvalue weighted by Gasteiger charge is -2.23. The number of hydrogen-bond donors (Lipinski definition) is 2. The molecule has 2 N–H and O–H groups in total. The Kier molecular flexibility index (Phi) is 6.30. The molecule has 1 spiro atoms. The second-order valence-corrected chi connectivity index (χ2v) is 7.86. The normalized spacial score (nSPS) is 23.4. The molecule has 2 fully saturated rings. The average Bonchev–Trinajstić information content (AvgIpc) is 3.20. The average molecular weight is 394 g/mol. The number of alkyl halides is 3. The number of aliphatic carboxylic acids is 1. The molecule has 1 amide bonds. The maximum absolute atomic E-state index is 12.3. The van der Waals surface area contributed by atoms with Gasteiger partial charge in [0.15, 0.2) is 0 Å². The monoisotopic (exact) mass is 394 g/mol. The van der Waals surface area contributed by atoms with E-state index >= 15 is 0 Å². The van der Waals surface area contributed by atoms with Crippen LogP contribution in [0.5, 0.6) is 0 Å². The Hall–Kier alpha value is -1.65. The van der Waals surface area contributed by atoms with E-state index in [1.54, 1.807) is 11.3 Å². The van der Waals surface area contributed by atoms with E-state index in [-0.39, 0.29) is 17.9 Å². The van der Waals surface area contributed by atoms with Crippen molar-refractivity contribution in [3.63, 3.8) is 0 Å². The number of likely N-dealkylation sites (tertiary alicyclic amines) is 1. The summed E-state index contributed by atoms with van der Waals surface area (Å²) >= 11 is 1.69. The SMILES string of the molecule is Cc1ccc(N2CC3(CCN(CCO)C3)CC2=O)s1.O=C(O)C(F)(F)F. The predicted molar refractivity (Wildman–Crippen MR) is 90.3 cm³/mol. The Morgan fingerprint density at radius 1 is 1.35 bits per heavy atom. The molecule has 1 aromatic heterocycles. The van der Waals surface area contributed by atoms with Gasteiger partial charge in [-0.05, 0) is 32.0 Å². The van der Waals surface area contributed by atoms with Crippen molar-refractivity contribution < 1.29 is 33.0 Å². The van der Waals surface area contributed by atoms with Crippen molar-refractivity contribution in [3.05, 3.63) is 17.0 Å². The fourth-order valence-electron chi connectivity index (χ4n) is 3.30. The molecule has 1 atom stereocenters. The minimum absolute atomic E-state index is 0.115. The van der Waals surface area contributed by atoms with Crippen LogP contribution in [0.4, 0.5) is 18.2 Å². The number of carboxylic acids is 1. The van der Waals surface area contributed by atoms with Crippen LogP contribution in [0, 0.1) is 12.3 Å². The molecule has 0 aromatic carbocycles. The second-order valence-electron chi connectivity index (χ2n) is 6.59. The molecule has 26 heavy (non-hydrogen) atoms. The highest BCUT2D eigenvalue weighted by Gasteiger charge is 2.47. The molecule has 1 aromatic rings. The van der Waals surface area contributed by atoms with Gasteiger partial charge in [0.05, 0.1) is 11.6 Å². The van der Waals surface area contributed by atoms with Crippen LogP contribution in [0.1, 0.15) is 17.7 Å². The van der Waals surface area contributed by atoms with Gasteiger partial charge in [0.2, 0.25) is 5.91 Å². The summed E-state index contributed by atoms with van der Waals surface area (Å²) in [5, 5.41) is 17.2. The number of aliphatic hydroxyl groups is 1. The van der Waals surface area contributed by atoms with Crippen molar-refractivity contribution in [2.45, 2.75) is 25.9 Å². The van der Waals surface area contributed by atoms with Gasteiger partial charge in [0.1, 0.15) is 0 Å². The molecule has 0 saturated carbocycles. The number of carboxylic acid groups (broad SMARTS) is 1. The van der Waals surface area contributed by atoms with Gasteiger partial charge in [0, 0.05) is 36.3 Å². The lowest BCUT2D eigenvalue weighted by atomic mass is 9.86. The number of nitrogens with zero attached hydrogens (tertiary/aromatic N) is 2. The summed E-state index contributed by atoms with van der Waals surface area (Å²) in [6.45, 7) is 5.80. The van der Waals surface area contributed by atoms with Gasteiger partial charge in [-0.1, -0.05) is 0 Å². The van der Waals surface area contributed by atoms with Crippen molar-refractivity contribution in [2.75, 3.05) is 37.7 Å². The summed E-state index contributed by atoms with van der Waals surface area (Å²) in [5.41, 5.74) is 0.115. The lowest BCUT2D eigenvalue weighted by Crippen LogP contribution is -2.32. The summed E-state index contributed by atoms with van der Waals surface area (Å²) in [6.07, 6.45) is -3.36. The van der Waals surface area contributed by atoms with E-state index in [4.69, 9.17) is 15.0 Å². The third-order valence-electron chi connectivity index (χ3n) is 4.49. The molecule has 0 aliphatic carbocycles. The number of amides is 1. The first-order chi connectivity index (χ1) is 12.1. The topological polar surface area (TPSA) is 81.1 Å². The van der Waals surface area contributed by atoms with Crippen molar-refractivity contribution in [1.29, 1.82) is 0 Å². The number of rotatable bonds is 3. The van der Waals surface area contributed by atoms with Crippen LogP contribution in [-0.4, -0.2) is 66.0 Å². The molecule has 3 heterocycles. The lowest BCUT2D eigenvalue weighted by molar-refractivity contribution is -0.192. The summed E-state index contributed by atoms with van der Waals surface area (Å²) in [5.74, 6) is -2.50. The van der Waals surface area contributed by atoms with Gasteiger partial charge in [-0.15, -0.1) is 11.3 Å². The number of thiophene rings is 1. The van der Waals surface area contributed by atoms with Crippen molar-refractivity contribution in [2.24, 2.45) is 5.41 Å². The fourth-order valence-corrected chi connectivity index (χ4v) is 4.18. The molecule has 6 nitrogen and oxygen atoms in total. The molecule has 0 radical (unpaired) electrons. The molecule has 3 rings (SSSR count). The third kappa shape index (κ3) is 4.95. The molecule has 146 valence electrons. The van der Waals surface area contributed by atoms with Gasteiger partial charge >= 0.3 is 12.1 Å². The summed E-state index contributed by atoms with van der Waals surface area (Å²) < 4.78 is 31.7. The third-order valence-corrected chi connectivity index (χ3v) is 5.51. The van der Waals surface area contributed by atoms with Crippen molar-refractivity contribution >= 4 is 28.2 Å². The molecule has 2 saturated heterocycles. The van der Waals surface area contributed by atoms with E-state index in [1.165, 1.54) is 4.88 Å². The van der Waals surface area contributed by atoms with Crippen LogP contribution < -0.4 is 4.90 Å². The van der Waals surface area contributed by atoms with Crippen LogP contribution in [0.3, 0.4) is 0 Å². The second kappa shape index (κ2) is 7.93. The van der Waals surface area contributed by atoms with Gasteiger partial charge in [-0.2, -0.15) is 13.2 Å². The zero-order valence-corrected chi connectivity index (χ0v) is 15.1. The number of β-amino-alcohol motifs (C(OH)–C–C–N with tert-alkyl or cyclic N) is 1. The van der Waals surface area contributed by atoms with E-state index in [2.05, 4.69) is 24.0 Å². The first kappa shape index (κ1) is 20.7. The van der Waals surface area contributed by atoms with Crippen LogP contribution in [0.2, 0.25) is 0 Å². The maximum Gasteiger partial charge on any atom is 0.490 e. The Morgan fingerprint density at radius 3 is 2.50 bits per heavy atom.